The first-order valence-electron chi connectivity index (χ1n) is 24.6. The Labute approximate surface area is 405 Å². The van der Waals surface area contributed by atoms with Gasteiger partial charge in [0, 0.05) is 57.5 Å². The number of hydrogen-bond acceptors (Lipinski definition) is 12. The molecule has 0 unspecified atom stereocenters. The second-order valence-corrected chi connectivity index (χ2v) is 17.8. The summed E-state index contributed by atoms with van der Waals surface area (Å²) in [6, 6.07) is 4.04. The van der Waals surface area contributed by atoms with Gasteiger partial charge in [-0.2, -0.15) is 0 Å². The molecule has 9 N–H and O–H groups in total. The number of aliphatic carboxylic acids is 3. The van der Waals surface area contributed by atoms with Gasteiger partial charge in [0.15, 0.2) is 0 Å². The SMILES string of the molecule is CC[C@@H](CCCCNC(=O)[C@@H](N)CCCCNC(=O)CC[C@H](CC(=O)CC[C@H](NC(=O)CC[C@H](CC(=O)CCCCCCCCCCOc1ccc(C(=O)O)cc1)C(=O)O)C(=O)O)C(=O)O)C(C)=O. The molecule has 0 bridgehead atoms. The molecule has 0 fully saturated rings. The minimum absolute atomic E-state index is 0.0449. The second kappa shape index (κ2) is 36.3. The first kappa shape index (κ1) is 61.3. The predicted octanol–water partition coefficient (Wildman–Crippen LogP) is 6.02. The number of carbonyl (C=O) groups is 10. The van der Waals surface area contributed by atoms with Crippen molar-refractivity contribution >= 4 is 58.9 Å². The summed E-state index contributed by atoms with van der Waals surface area (Å²) in [5, 5.41) is 45.8. The van der Waals surface area contributed by atoms with Crippen LogP contribution in [0.25, 0.3) is 0 Å². The number of ether oxygens (including phenoxy) is 1. The van der Waals surface area contributed by atoms with Crippen molar-refractivity contribution < 1.29 is 73.1 Å². The van der Waals surface area contributed by atoms with Gasteiger partial charge in [-0.1, -0.05) is 51.9 Å². The number of hydrogen-bond donors (Lipinski definition) is 8. The standard InChI is InChI=1S/C50H78N4O15/c1-3-35(34(2)55)16-11-13-30-53-46(60)42(51)18-12-14-29-52-44(58)27-21-37(48(63)64)33-40(57)23-26-43(50(67)68)54-45(59)28-22-38(49(65)66)32-39(56)17-10-8-6-4-5-7-9-15-31-69-41-24-19-36(20-25-41)47(61)62/h19-20,24-25,35,37-38,42-43H,3-18,21-23,26-33,51H2,1-2H3,(H,52,58)(H,53,60)(H,54,59)(H,61,62)(H,63,64)(H,65,66)(H,67,68)/t35-,37+,38+,42-,43-/m0/s1. The Morgan fingerprint density at radius 3 is 1.61 bits per heavy atom. The summed E-state index contributed by atoms with van der Waals surface area (Å²) in [5.74, 6) is -8.76. The van der Waals surface area contributed by atoms with Gasteiger partial charge in [-0.15, -0.1) is 0 Å². The molecule has 0 heterocycles. The minimum Gasteiger partial charge on any atom is -0.494 e. The van der Waals surface area contributed by atoms with E-state index in [1.807, 2.05) is 6.92 Å². The van der Waals surface area contributed by atoms with E-state index in [4.69, 9.17) is 15.6 Å². The van der Waals surface area contributed by atoms with Crippen LogP contribution < -0.4 is 26.4 Å². The Morgan fingerprint density at radius 1 is 0.551 bits per heavy atom. The molecule has 3 amide bonds. The Morgan fingerprint density at radius 2 is 1.07 bits per heavy atom. The normalized spacial score (nSPS) is 13.2. The van der Waals surface area contributed by atoms with E-state index in [-0.39, 0.29) is 86.9 Å². The molecule has 388 valence electrons. The maximum Gasteiger partial charge on any atom is 0.335 e. The number of unbranched alkanes of at least 4 members (excludes halogenated alkanes) is 9. The summed E-state index contributed by atoms with van der Waals surface area (Å²) >= 11 is 0. The molecule has 19 nitrogen and oxygen atoms in total. The smallest absolute Gasteiger partial charge is 0.335 e. The van der Waals surface area contributed by atoms with Crippen LogP contribution in [0.3, 0.4) is 0 Å². The number of carbonyl (C=O) groups excluding carboxylic acids is 6. The van der Waals surface area contributed by atoms with E-state index in [2.05, 4.69) is 16.0 Å². The molecular formula is C50H78N4O15. The fourth-order valence-electron chi connectivity index (χ4n) is 7.68. The van der Waals surface area contributed by atoms with Gasteiger partial charge in [0.1, 0.15) is 29.1 Å². The lowest BCUT2D eigenvalue weighted by atomic mass is 9.94. The summed E-state index contributed by atoms with van der Waals surface area (Å²) < 4.78 is 5.64. The first-order chi connectivity index (χ1) is 32.8. The Hall–Kier alpha value is -5.72. The van der Waals surface area contributed by atoms with Crippen molar-refractivity contribution in [3.8, 4) is 5.75 Å². The first-order valence-corrected chi connectivity index (χ1v) is 24.6. The topological polar surface area (TPSA) is 323 Å². The summed E-state index contributed by atoms with van der Waals surface area (Å²) in [4.78, 5) is 121. The zero-order chi connectivity index (χ0) is 51.6. The molecular weight excluding hydrogens is 897 g/mol. The third-order valence-corrected chi connectivity index (χ3v) is 12.1. The van der Waals surface area contributed by atoms with Gasteiger partial charge < -0.3 is 46.8 Å². The van der Waals surface area contributed by atoms with Crippen molar-refractivity contribution in [3.63, 3.8) is 0 Å². The van der Waals surface area contributed by atoms with Crippen molar-refractivity contribution in [1.82, 2.24) is 16.0 Å². The van der Waals surface area contributed by atoms with E-state index in [9.17, 15) is 63.3 Å². The van der Waals surface area contributed by atoms with Crippen molar-refractivity contribution in [2.45, 2.75) is 180 Å². The molecule has 0 aromatic heterocycles. The largest absolute Gasteiger partial charge is 0.494 e. The molecule has 1 rings (SSSR count). The quantitative estimate of drug-likeness (QED) is 0.0347. The zero-order valence-corrected chi connectivity index (χ0v) is 40.6. The number of rotatable bonds is 43. The molecule has 0 aliphatic rings. The highest BCUT2D eigenvalue weighted by Crippen LogP contribution is 2.19. The van der Waals surface area contributed by atoms with Gasteiger partial charge in [0.05, 0.1) is 30.0 Å². The highest BCUT2D eigenvalue weighted by atomic mass is 16.5. The number of carboxylic acids is 4. The number of nitrogens with one attached hydrogen (secondary N) is 3. The average Bonchev–Trinajstić information content (AvgIpc) is 3.30. The van der Waals surface area contributed by atoms with Crippen LogP contribution in [0, 0.1) is 17.8 Å². The summed E-state index contributed by atoms with van der Waals surface area (Å²) in [7, 11) is 0. The van der Waals surface area contributed by atoms with Crippen LogP contribution in [-0.2, 0) is 43.2 Å². The molecule has 0 aliphatic heterocycles. The molecule has 69 heavy (non-hydrogen) atoms. The van der Waals surface area contributed by atoms with Crippen molar-refractivity contribution in [1.29, 1.82) is 0 Å². The van der Waals surface area contributed by atoms with Crippen LogP contribution in [-0.4, -0.2) is 111 Å². The molecule has 1 aromatic rings. The number of Topliss-reactive ketones (excluding diaryl/α,β-unsaturated/α-hetero) is 3. The van der Waals surface area contributed by atoms with E-state index >= 15 is 0 Å². The van der Waals surface area contributed by atoms with Crippen LogP contribution in [0.5, 0.6) is 5.75 Å². The third kappa shape index (κ3) is 29.7. The molecule has 5 atom stereocenters. The molecule has 0 saturated carbocycles. The monoisotopic (exact) mass is 975 g/mol. The maximum atomic E-state index is 12.7. The van der Waals surface area contributed by atoms with Crippen molar-refractivity contribution in [2.75, 3.05) is 19.7 Å². The summed E-state index contributed by atoms with van der Waals surface area (Å²) in [6.07, 6.45) is 9.74. The van der Waals surface area contributed by atoms with Crippen LogP contribution in [0.1, 0.15) is 178 Å². The van der Waals surface area contributed by atoms with Crippen molar-refractivity contribution in [2.24, 2.45) is 23.5 Å². The summed E-state index contributed by atoms with van der Waals surface area (Å²) in [6.45, 7) is 4.84. The summed E-state index contributed by atoms with van der Waals surface area (Å²) in [5.41, 5.74) is 6.19. The lowest BCUT2D eigenvalue weighted by molar-refractivity contribution is -0.145. The van der Waals surface area contributed by atoms with Gasteiger partial charge in [-0.25, -0.2) is 9.59 Å². The maximum absolute atomic E-state index is 12.7. The lowest BCUT2D eigenvalue weighted by Crippen LogP contribution is -2.41. The number of aromatic carboxylic acids is 1. The predicted molar refractivity (Wildman–Crippen MR) is 255 cm³/mol. The number of nitrogens with two attached hydrogens (primary N) is 1. The Bertz CT molecular complexity index is 1790. The van der Waals surface area contributed by atoms with Gasteiger partial charge >= 0.3 is 23.9 Å². The van der Waals surface area contributed by atoms with E-state index in [1.165, 1.54) is 12.1 Å². The Balaban J connectivity index is 2.28. The molecule has 0 radical (unpaired) electrons. The second-order valence-electron chi connectivity index (χ2n) is 17.8. The number of benzene rings is 1. The molecule has 0 aliphatic carbocycles. The Kier molecular flexibility index (Phi) is 32.2. The number of ketones is 3. The zero-order valence-electron chi connectivity index (χ0n) is 40.6. The van der Waals surface area contributed by atoms with Crippen LogP contribution in [0.15, 0.2) is 24.3 Å². The fourth-order valence-corrected chi connectivity index (χ4v) is 7.68. The number of carboxylic acid groups (broad SMARTS) is 4. The molecule has 19 heteroatoms. The van der Waals surface area contributed by atoms with Crippen LogP contribution in [0.4, 0.5) is 0 Å². The van der Waals surface area contributed by atoms with Crippen molar-refractivity contribution in [3.05, 3.63) is 29.8 Å². The van der Waals surface area contributed by atoms with Gasteiger partial charge in [0.2, 0.25) is 17.7 Å². The average molecular weight is 975 g/mol. The van der Waals surface area contributed by atoms with Crippen LogP contribution in [0.2, 0.25) is 0 Å². The molecule has 0 saturated heterocycles. The van der Waals surface area contributed by atoms with E-state index in [0.717, 1.165) is 70.6 Å². The van der Waals surface area contributed by atoms with E-state index in [1.54, 1.807) is 19.1 Å². The molecule has 0 spiro atoms. The lowest BCUT2D eigenvalue weighted by Gasteiger charge is -2.16. The number of amides is 3. The molecule has 1 aromatic carbocycles. The van der Waals surface area contributed by atoms with E-state index in [0.29, 0.717) is 44.6 Å². The van der Waals surface area contributed by atoms with E-state index < -0.39 is 71.8 Å². The minimum atomic E-state index is -1.50. The van der Waals surface area contributed by atoms with Crippen LogP contribution >= 0.6 is 0 Å². The highest BCUT2D eigenvalue weighted by Gasteiger charge is 2.27. The fraction of sp³-hybridized carbons (Fsp3) is 0.680. The van der Waals surface area contributed by atoms with Gasteiger partial charge in [-0.05, 0) is 102 Å². The van der Waals surface area contributed by atoms with Gasteiger partial charge in [0.25, 0.3) is 0 Å². The third-order valence-electron chi connectivity index (χ3n) is 12.1. The highest BCUT2D eigenvalue weighted by molar-refractivity contribution is 5.88. The van der Waals surface area contributed by atoms with Gasteiger partial charge in [-0.3, -0.25) is 38.4 Å².